The van der Waals surface area contributed by atoms with Crippen LogP contribution in [0.5, 0.6) is 23.0 Å². The number of rotatable bonds is 5. The Labute approximate surface area is 338 Å². The summed E-state index contributed by atoms with van der Waals surface area (Å²) in [6.45, 7) is 5.83. The molecule has 0 amide bonds. The van der Waals surface area contributed by atoms with Gasteiger partial charge in [-0.15, -0.1) is 0 Å². The van der Waals surface area contributed by atoms with Gasteiger partial charge in [-0.05, 0) is 103 Å². The van der Waals surface area contributed by atoms with Gasteiger partial charge in [0.15, 0.2) is 23.0 Å². The van der Waals surface area contributed by atoms with Crippen LogP contribution in [0.2, 0.25) is 0 Å². The minimum Gasteiger partial charge on any atom is -0.504 e. The number of benzene rings is 2. The fourth-order valence-electron chi connectivity index (χ4n) is 15.5. The molecule has 10 unspecified atom stereocenters. The zero-order valence-electron chi connectivity index (χ0n) is 33.2. The molecule has 12 aliphatic rings. The lowest BCUT2D eigenvalue weighted by molar-refractivity contribution is -0.228. The first-order chi connectivity index (χ1) is 26.4. The van der Waals surface area contributed by atoms with E-state index in [-0.39, 0.29) is 66.3 Å². The van der Waals surface area contributed by atoms with Gasteiger partial charge >= 0.3 is 0 Å². The molecule has 0 radical (unpaired) electrons. The number of aliphatic hydroxyl groups excluding tert-OH is 2. The first kappa shape index (κ1) is 39.3. The summed E-state index contributed by atoms with van der Waals surface area (Å²) in [4.78, 5) is 5.02. The largest absolute Gasteiger partial charge is 0.504 e. The van der Waals surface area contributed by atoms with Crippen LogP contribution in [0.1, 0.15) is 76.6 Å². The quantitative estimate of drug-likeness (QED) is 0.334. The van der Waals surface area contributed by atoms with Crippen LogP contribution in [-0.2, 0) is 33.1 Å². The van der Waals surface area contributed by atoms with Crippen molar-refractivity contribution in [3.05, 3.63) is 70.8 Å². The Morgan fingerprint density at radius 2 is 1.14 bits per heavy atom. The van der Waals surface area contributed by atoms with Crippen LogP contribution in [0.25, 0.3) is 0 Å². The molecule has 14 atom stereocenters. The molecule has 4 fully saturated rings. The second-order valence-corrected chi connectivity index (χ2v) is 18.9. The van der Waals surface area contributed by atoms with E-state index in [1.165, 1.54) is 22.3 Å². The molecule has 8 aliphatic carbocycles. The van der Waals surface area contributed by atoms with E-state index in [1.54, 1.807) is 27.4 Å². The van der Waals surface area contributed by atoms with Crippen LogP contribution < -0.4 is 14.2 Å². The second-order valence-electron chi connectivity index (χ2n) is 18.9. The van der Waals surface area contributed by atoms with Gasteiger partial charge < -0.3 is 48.8 Å². The number of aromatic hydroxyl groups is 1. The van der Waals surface area contributed by atoms with Crippen molar-refractivity contribution < 1.29 is 39.0 Å². The molecule has 4 spiro atoms. The van der Waals surface area contributed by atoms with E-state index < -0.39 is 23.4 Å². The maximum absolute atomic E-state index is 10.8. The Balaban J connectivity index is 0.000000143. The molecular formula is C47H64N2O8. The number of fused-ring (bicyclic) bond motifs is 2. The molecule has 57 heavy (non-hydrogen) atoms. The predicted octanol–water partition coefficient (Wildman–Crippen LogP) is 5.56. The van der Waals surface area contributed by atoms with Gasteiger partial charge in [-0.25, -0.2) is 0 Å². The van der Waals surface area contributed by atoms with Crippen molar-refractivity contribution in [3.8, 4) is 23.0 Å². The monoisotopic (exact) mass is 784 g/mol. The Kier molecular flexibility index (Phi) is 8.44. The third-order valence-corrected chi connectivity index (χ3v) is 17.6. The number of piperidine rings is 2. The number of phenols is 1. The van der Waals surface area contributed by atoms with Gasteiger partial charge in [0.2, 0.25) is 0 Å². The van der Waals surface area contributed by atoms with Crippen LogP contribution in [0.4, 0.5) is 0 Å². The lowest BCUT2D eigenvalue weighted by Gasteiger charge is -2.71. The highest BCUT2D eigenvalue weighted by Gasteiger charge is 2.81. The average Bonchev–Trinajstić information content (AvgIpc) is 3.75. The molecule has 2 saturated heterocycles. The van der Waals surface area contributed by atoms with Crippen LogP contribution in [0.15, 0.2) is 48.6 Å². The SMILES string of the molecule is C.C.COC12C=CC3(CC1[C@H](C)O)C1Cc4ccc(O)c5c4[C@@]3(CCN1C)C2O5.COc1ccc2c3c1OC1C4(OC)C=CC5(CC4[C@H](C)O)C(C2)N(C)CC[C@]315. The molecule has 2 aromatic rings. The number of likely N-dealkylation sites (N-methyl/N-ethyl adjacent to an activating group) is 2. The fourth-order valence-corrected chi connectivity index (χ4v) is 15.5. The van der Waals surface area contributed by atoms with Crippen LogP contribution in [-0.4, -0.2) is 121 Å². The standard InChI is InChI=1S/C23H29NO4.C22H27NO4.2CH4/c1-13(25)15-12-21-7-8-23(15,27-4)20-22(21)9-10-24(2)17(21)11-14-5-6-16(26-3)19(28-20)18(14)22;1-12(24)14-11-20-6-7-22(14,26-3)19-21(20)8-9-23(2)16(20)10-13-4-5-15(25)18(27-19)17(13)21;;/h5-8,13,15,17,20,25H,9-12H2,1-4H3;4-7,12,14,16,19,24-25H,8-11H2,1-3H3;2*1H4/t13-,15?,17?,20?,21?,22-,23?;12-,14?,16?,19?,20?,21-,22?;;/m00../s1. The molecule has 14 rings (SSSR count). The van der Waals surface area contributed by atoms with Crippen LogP contribution >= 0.6 is 0 Å². The zero-order chi connectivity index (χ0) is 38.2. The van der Waals surface area contributed by atoms with E-state index in [1.807, 2.05) is 13.8 Å². The van der Waals surface area contributed by atoms with Gasteiger partial charge in [0.05, 0.1) is 30.1 Å². The lowest BCUT2D eigenvalue weighted by atomic mass is 9.37. The summed E-state index contributed by atoms with van der Waals surface area (Å²) in [5.41, 5.74) is 3.53. The van der Waals surface area contributed by atoms with Crippen molar-refractivity contribution in [1.29, 1.82) is 0 Å². The van der Waals surface area contributed by atoms with Crippen molar-refractivity contribution in [2.24, 2.45) is 22.7 Å². The number of aliphatic hydroxyl groups is 2. The maximum Gasteiger partial charge on any atom is 0.166 e. The highest BCUT2D eigenvalue weighted by Crippen LogP contribution is 2.76. The Morgan fingerprint density at radius 1 is 0.684 bits per heavy atom. The minimum absolute atomic E-state index is 0. The third kappa shape index (κ3) is 4.01. The second kappa shape index (κ2) is 12.2. The van der Waals surface area contributed by atoms with Gasteiger partial charge in [-0.2, -0.15) is 0 Å². The molecule has 10 nitrogen and oxygen atoms in total. The number of likely N-dealkylation sites (tertiary alicyclic amines) is 2. The normalized spacial score (nSPS) is 44.6. The Morgan fingerprint density at radius 3 is 1.60 bits per heavy atom. The van der Waals surface area contributed by atoms with E-state index in [9.17, 15) is 15.3 Å². The summed E-state index contributed by atoms with van der Waals surface area (Å²) in [5, 5.41) is 32.1. The topological polar surface area (TPSA) is 113 Å². The molecule has 8 bridgehead atoms. The van der Waals surface area contributed by atoms with E-state index >= 15 is 0 Å². The van der Waals surface area contributed by atoms with Gasteiger partial charge in [0, 0.05) is 60.1 Å². The molecule has 4 aliphatic heterocycles. The zero-order valence-corrected chi connectivity index (χ0v) is 33.2. The van der Waals surface area contributed by atoms with Crippen LogP contribution in [0.3, 0.4) is 0 Å². The molecule has 3 N–H and O–H groups in total. The summed E-state index contributed by atoms with van der Waals surface area (Å²) in [5.74, 6) is 2.59. The number of hydrogen-bond donors (Lipinski definition) is 3. The summed E-state index contributed by atoms with van der Waals surface area (Å²) < 4.78 is 31.6. The number of nitrogens with zero attached hydrogens (tertiary/aromatic N) is 2. The smallest absolute Gasteiger partial charge is 0.166 e. The molecule has 310 valence electrons. The Bertz CT molecular complexity index is 2070. The number of hydrogen-bond acceptors (Lipinski definition) is 10. The highest BCUT2D eigenvalue weighted by atomic mass is 16.6. The maximum atomic E-state index is 10.8. The summed E-state index contributed by atoms with van der Waals surface area (Å²) >= 11 is 0. The molecule has 2 saturated carbocycles. The molecule has 4 heterocycles. The summed E-state index contributed by atoms with van der Waals surface area (Å²) in [6, 6.07) is 8.92. The van der Waals surface area contributed by atoms with Crippen LogP contribution in [0, 0.1) is 22.7 Å². The van der Waals surface area contributed by atoms with Gasteiger partial charge in [0.1, 0.15) is 23.4 Å². The average molecular weight is 785 g/mol. The fraction of sp³-hybridized carbons (Fsp3) is 0.660. The van der Waals surface area contributed by atoms with Crippen molar-refractivity contribution in [1.82, 2.24) is 9.80 Å². The lowest BCUT2D eigenvalue weighted by Crippen LogP contribution is -2.79. The third-order valence-electron chi connectivity index (χ3n) is 17.6. The van der Waals surface area contributed by atoms with Crippen molar-refractivity contribution in [2.45, 2.75) is 126 Å². The minimum atomic E-state index is -0.670. The van der Waals surface area contributed by atoms with Gasteiger partial charge in [0.25, 0.3) is 0 Å². The summed E-state index contributed by atoms with van der Waals surface area (Å²) in [6.07, 6.45) is 13.7. The molecule has 0 aromatic heterocycles. The van der Waals surface area contributed by atoms with E-state index in [4.69, 9.17) is 23.7 Å². The first-order valence-electron chi connectivity index (χ1n) is 20.5. The van der Waals surface area contributed by atoms with E-state index in [0.29, 0.717) is 17.8 Å². The van der Waals surface area contributed by atoms with Gasteiger partial charge in [-0.3, -0.25) is 0 Å². The van der Waals surface area contributed by atoms with Gasteiger partial charge in [-0.1, -0.05) is 51.3 Å². The predicted molar refractivity (Wildman–Crippen MR) is 218 cm³/mol. The molecule has 2 aromatic carbocycles. The molecule has 10 heteroatoms. The Hall–Kier alpha value is -3.12. The van der Waals surface area contributed by atoms with E-state index in [0.717, 1.165) is 63.1 Å². The number of methoxy groups -OCH3 is 3. The summed E-state index contributed by atoms with van der Waals surface area (Å²) in [7, 11) is 9.70. The van der Waals surface area contributed by atoms with Crippen molar-refractivity contribution >= 4 is 0 Å². The number of ether oxygens (including phenoxy) is 5. The van der Waals surface area contributed by atoms with E-state index in [2.05, 4.69) is 66.4 Å². The number of phenolic OH excluding ortho intramolecular Hbond substituents is 1. The molecular weight excluding hydrogens is 721 g/mol. The van der Waals surface area contributed by atoms with Crippen molar-refractivity contribution in [2.75, 3.05) is 48.5 Å². The first-order valence-corrected chi connectivity index (χ1v) is 20.5. The highest BCUT2D eigenvalue weighted by molar-refractivity contribution is 5.67. The van der Waals surface area contributed by atoms with Crippen molar-refractivity contribution in [3.63, 3.8) is 0 Å².